The molecule has 1 rings (SSSR count). The Morgan fingerprint density at radius 1 is 0.871 bits per heavy atom. The highest BCUT2D eigenvalue weighted by atomic mass is 16.6. The predicted octanol–water partition coefficient (Wildman–Crippen LogP) is 2.34. The second-order valence-corrected chi connectivity index (χ2v) is 8.62. The lowest BCUT2D eigenvalue weighted by Crippen LogP contribution is -2.56. The maximum atomic E-state index is 13.2. The van der Waals surface area contributed by atoms with Crippen LogP contribution in [0.1, 0.15) is 67.2 Å². The summed E-state index contributed by atoms with van der Waals surface area (Å²) < 4.78 is 27.1. The van der Waals surface area contributed by atoms with E-state index in [1.54, 1.807) is 41.5 Å². The summed E-state index contributed by atoms with van der Waals surface area (Å²) in [5.74, 6) is -2.48. The molecule has 0 spiro atoms. The molecular weight excluding hydrogens is 406 g/mol. The minimum absolute atomic E-state index is 0.0783. The van der Waals surface area contributed by atoms with Gasteiger partial charge in [0.15, 0.2) is 5.41 Å². The largest absolute Gasteiger partial charge is 0.465 e. The minimum atomic E-state index is -1.82. The summed E-state index contributed by atoms with van der Waals surface area (Å²) in [6.45, 7) is 11.4. The molecule has 180 valence electrons. The van der Waals surface area contributed by atoms with E-state index in [2.05, 4.69) is 0 Å². The zero-order chi connectivity index (χ0) is 23.7. The minimum Gasteiger partial charge on any atom is -0.465 e. The maximum absolute atomic E-state index is 13.2. The Labute approximate surface area is 185 Å². The van der Waals surface area contributed by atoms with Gasteiger partial charge >= 0.3 is 17.9 Å². The van der Waals surface area contributed by atoms with Gasteiger partial charge < -0.3 is 23.7 Å². The number of hydrogen-bond donors (Lipinski definition) is 1. The summed E-state index contributed by atoms with van der Waals surface area (Å²) in [6, 6.07) is 0. The average molecular weight is 446 g/mol. The molecule has 1 heterocycles. The zero-order valence-electron chi connectivity index (χ0n) is 19.8. The number of ether oxygens (including phenoxy) is 5. The van der Waals surface area contributed by atoms with Gasteiger partial charge in [0.2, 0.25) is 5.72 Å². The van der Waals surface area contributed by atoms with Gasteiger partial charge in [-0.1, -0.05) is 0 Å². The van der Waals surface area contributed by atoms with Crippen LogP contribution >= 0.6 is 0 Å². The Hall–Kier alpha value is -1.71. The Morgan fingerprint density at radius 3 is 1.81 bits per heavy atom. The lowest BCUT2D eigenvalue weighted by atomic mass is 9.68. The van der Waals surface area contributed by atoms with Crippen LogP contribution in [-0.2, 0) is 38.1 Å². The smallest absolute Gasteiger partial charge is 0.354 e. The lowest BCUT2D eigenvalue weighted by Gasteiger charge is -2.40. The topological polar surface area (TPSA) is 123 Å². The molecule has 1 aliphatic rings. The second-order valence-electron chi connectivity index (χ2n) is 8.62. The summed E-state index contributed by atoms with van der Waals surface area (Å²) in [4.78, 5) is 39.2. The van der Waals surface area contributed by atoms with E-state index in [4.69, 9.17) is 29.4 Å². The summed E-state index contributed by atoms with van der Waals surface area (Å²) in [5, 5.41) is 0. The van der Waals surface area contributed by atoms with Crippen LogP contribution < -0.4 is 5.73 Å². The van der Waals surface area contributed by atoms with Crippen molar-refractivity contribution in [2.24, 2.45) is 17.1 Å². The fourth-order valence-electron chi connectivity index (χ4n) is 3.77. The first-order chi connectivity index (χ1) is 14.5. The average Bonchev–Trinajstić information content (AvgIpc) is 2.68. The van der Waals surface area contributed by atoms with Crippen molar-refractivity contribution in [1.29, 1.82) is 0 Å². The van der Waals surface area contributed by atoms with Gasteiger partial charge in [-0.2, -0.15) is 0 Å². The van der Waals surface area contributed by atoms with Crippen molar-refractivity contribution in [2.75, 3.05) is 33.0 Å². The molecular formula is C22H39NO8. The normalized spacial score (nSPS) is 17.5. The Kier molecular flexibility index (Phi) is 10.4. The van der Waals surface area contributed by atoms with Crippen LogP contribution in [0.4, 0.5) is 0 Å². The monoisotopic (exact) mass is 445 g/mol. The molecule has 9 nitrogen and oxygen atoms in total. The molecule has 1 aliphatic heterocycles. The molecule has 0 bridgehead atoms. The fourth-order valence-corrected chi connectivity index (χ4v) is 3.77. The first kappa shape index (κ1) is 27.3. The molecule has 0 aromatic rings. The van der Waals surface area contributed by atoms with Gasteiger partial charge in [-0.05, 0) is 66.7 Å². The van der Waals surface area contributed by atoms with Gasteiger partial charge in [0.1, 0.15) is 5.60 Å². The SMILES string of the molecule is CCOC(=O)C(CCC(N)(OCC)C(=O)OC(C)(C)C)(C(=O)OCC)C1CCOCC1. The molecule has 1 unspecified atom stereocenters. The van der Waals surface area contributed by atoms with Gasteiger partial charge in [-0.15, -0.1) is 0 Å². The van der Waals surface area contributed by atoms with Crippen LogP contribution in [0, 0.1) is 11.3 Å². The lowest BCUT2D eigenvalue weighted by molar-refractivity contribution is -0.191. The van der Waals surface area contributed by atoms with Gasteiger partial charge in [0.25, 0.3) is 0 Å². The fraction of sp³-hybridized carbons (Fsp3) is 0.864. The number of nitrogens with two attached hydrogens (primary N) is 1. The van der Waals surface area contributed by atoms with E-state index in [0.29, 0.717) is 26.1 Å². The molecule has 2 N–H and O–H groups in total. The van der Waals surface area contributed by atoms with Crippen LogP contribution in [0.2, 0.25) is 0 Å². The molecule has 0 aliphatic carbocycles. The molecule has 0 aromatic carbocycles. The van der Waals surface area contributed by atoms with Crippen molar-refractivity contribution in [3.63, 3.8) is 0 Å². The van der Waals surface area contributed by atoms with Crippen LogP contribution in [0.15, 0.2) is 0 Å². The van der Waals surface area contributed by atoms with E-state index in [1.807, 2.05) is 0 Å². The van der Waals surface area contributed by atoms with E-state index in [0.717, 1.165) is 0 Å². The van der Waals surface area contributed by atoms with Crippen molar-refractivity contribution in [1.82, 2.24) is 0 Å². The third-order valence-electron chi connectivity index (χ3n) is 5.23. The highest BCUT2D eigenvalue weighted by Gasteiger charge is 2.56. The number of rotatable bonds is 11. The van der Waals surface area contributed by atoms with Crippen molar-refractivity contribution in [3.8, 4) is 0 Å². The molecule has 9 heteroatoms. The molecule has 0 amide bonds. The van der Waals surface area contributed by atoms with Crippen molar-refractivity contribution < 1.29 is 38.1 Å². The first-order valence-corrected chi connectivity index (χ1v) is 11.0. The summed E-state index contributed by atoms with van der Waals surface area (Å²) in [6.07, 6.45) is 0.766. The van der Waals surface area contributed by atoms with Gasteiger partial charge in [-0.3, -0.25) is 15.3 Å². The molecule has 1 saturated heterocycles. The van der Waals surface area contributed by atoms with Gasteiger partial charge in [0, 0.05) is 26.2 Å². The first-order valence-electron chi connectivity index (χ1n) is 11.0. The van der Waals surface area contributed by atoms with Crippen molar-refractivity contribution >= 4 is 17.9 Å². The third-order valence-corrected chi connectivity index (χ3v) is 5.23. The number of carbonyl (C=O) groups excluding carboxylic acids is 3. The van der Waals surface area contributed by atoms with Gasteiger partial charge in [0.05, 0.1) is 13.2 Å². The van der Waals surface area contributed by atoms with Crippen molar-refractivity contribution in [2.45, 2.75) is 78.6 Å². The molecule has 31 heavy (non-hydrogen) atoms. The van der Waals surface area contributed by atoms with Crippen LogP contribution in [0.3, 0.4) is 0 Å². The van der Waals surface area contributed by atoms with Crippen LogP contribution in [-0.4, -0.2) is 62.3 Å². The highest BCUT2D eigenvalue weighted by molar-refractivity contribution is 6.00. The van der Waals surface area contributed by atoms with E-state index < -0.39 is 34.6 Å². The number of hydrogen-bond acceptors (Lipinski definition) is 9. The number of esters is 3. The number of carbonyl (C=O) groups is 3. The van der Waals surface area contributed by atoms with Crippen LogP contribution in [0.25, 0.3) is 0 Å². The van der Waals surface area contributed by atoms with E-state index in [1.165, 1.54) is 0 Å². The van der Waals surface area contributed by atoms with Crippen molar-refractivity contribution in [3.05, 3.63) is 0 Å². The highest BCUT2D eigenvalue weighted by Crippen LogP contribution is 2.43. The molecule has 1 fully saturated rings. The molecule has 0 radical (unpaired) electrons. The Morgan fingerprint density at radius 2 is 1.39 bits per heavy atom. The van der Waals surface area contributed by atoms with E-state index in [9.17, 15) is 14.4 Å². The zero-order valence-corrected chi connectivity index (χ0v) is 19.8. The Balaban J connectivity index is 3.33. The molecule has 0 saturated carbocycles. The summed E-state index contributed by atoms with van der Waals surface area (Å²) in [5.41, 5.74) is 2.11. The second kappa shape index (κ2) is 11.8. The third kappa shape index (κ3) is 7.15. The molecule has 0 aromatic heterocycles. The standard InChI is InChI=1S/C22H39NO8/c1-7-28-17(24)21(18(25)29-8-2,16-10-14-27-15-11-16)12-13-22(23,30-9-3)19(26)31-20(4,5)6/h16H,7-15,23H2,1-6H3. The van der Waals surface area contributed by atoms with Crippen LogP contribution in [0.5, 0.6) is 0 Å². The summed E-state index contributed by atoms with van der Waals surface area (Å²) in [7, 11) is 0. The van der Waals surface area contributed by atoms with E-state index in [-0.39, 0.29) is 38.6 Å². The van der Waals surface area contributed by atoms with E-state index >= 15 is 0 Å². The predicted molar refractivity (Wildman–Crippen MR) is 113 cm³/mol. The summed E-state index contributed by atoms with van der Waals surface area (Å²) >= 11 is 0. The molecule has 1 atom stereocenters. The maximum Gasteiger partial charge on any atom is 0.354 e. The van der Waals surface area contributed by atoms with Gasteiger partial charge in [-0.25, -0.2) is 4.79 Å². The Bertz CT molecular complexity index is 591. The quantitative estimate of drug-likeness (QED) is 0.221.